The molecule has 3 heterocycles. The third-order valence-electron chi connectivity index (χ3n) is 3.94. The predicted octanol–water partition coefficient (Wildman–Crippen LogP) is 3.59. The molecule has 0 radical (unpaired) electrons. The van der Waals surface area contributed by atoms with Gasteiger partial charge in [-0.15, -0.1) is 11.3 Å². The van der Waals surface area contributed by atoms with E-state index in [4.69, 9.17) is 0 Å². The van der Waals surface area contributed by atoms with Crippen molar-refractivity contribution in [2.24, 2.45) is 0 Å². The second-order valence-electron chi connectivity index (χ2n) is 5.51. The highest BCUT2D eigenvalue weighted by Crippen LogP contribution is 2.34. The van der Waals surface area contributed by atoms with Crippen molar-refractivity contribution in [2.75, 3.05) is 6.54 Å². The van der Waals surface area contributed by atoms with Gasteiger partial charge in [0.05, 0.1) is 6.04 Å². The second-order valence-corrected chi connectivity index (χ2v) is 6.42. The monoisotopic (exact) mass is 357 g/mol. The highest BCUT2D eigenvalue weighted by atomic mass is 32.1. The molecule has 1 aliphatic rings. The van der Waals surface area contributed by atoms with E-state index in [1.54, 1.807) is 11.4 Å². The molecule has 1 N–H and O–H groups in total. The lowest BCUT2D eigenvalue weighted by Gasteiger charge is -2.23. The van der Waals surface area contributed by atoms with E-state index in [1.807, 2.05) is 4.90 Å². The van der Waals surface area contributed by atoms with Gasteiger partial charge in [0.25, 0.3) is 0 Å². The summed E-state index contributed by atoms with van der Waals surface area (Å²) < 4.78 is 38.5. The van der Waals surface area contributed by atoms with Crippen LogP contribution in [0.25, 0.3) is 0 Å². The first-order chi connectivity index (χ1) is 11.4. The summed E-state index contributed by atoms with van der Waals surface area (Å²) >= 11 is 1.14. The van der Waals surface area contributed by atoms with Gasteiger partial charge >= 0.3 is 12.1 Å². The Morgan fingerprint density at radius 1 is 1.42 bits per heavy atom. The van der Waals surface area contributed by atoms with E-state index in [-0.39, 0.29) is 16.7 Å². The van der Waals surface area contributed by atoms with Crippen LogP contribution in [0.1, 0.15) is 45.6 Å². The molecule has 9 heteroatoms. The topological polar surface area (TPSA) is 66.3 Å². The molecule has 1 atom stereocenters. The third-order valence-corrected chi connectivity index (χ3v) is 4.89. The Balaban J connectivity index is 1.83. The van der Waals surface area contributed by atoms with E-state index >= 15 is 0 Å². The van der Waals surface area contributed by atoms with Crippen molar-refractivity contribution >= 4 is 17.3 Å². The molecule has 1 saturated heterocycles. The van der Waals surface area contributed by atoms with Crippen LogP contribution in [0.2, 0.25) is 0 Å². The minimum absolute atomic E-state index is 0.134. The number of thiophene rings is 1. The van der Waals surface area contributed by atoms with Gasteiger partial charge in [-0.05, 0) is 42.5 Å². The van der Waals surface area contributed by atoms with Gasteiger partial charge in [0.1, 0.15) is 16.4 Å². The van der Waals surface area contributed by atoms with Gasteiger partial charge in [-0.25, -0.2) is 14.8 Å². The maximum Gasteiger partial charge on any atom is 0.433 e. The molecule has 2 aromatic rings. The van der Waals surface area contributed by atoms with Crippen LogP contribution in [0.3, 0.4) is 0 Å². The van der Waals surface area contributed by atoms with Gasteiger partial charge in [0.15, 0.2) is 0 Å². The van der Waals surface area contributed by atoms with Crippen molar-refractivity contribution in [3.05, 3.63) is 45.7 Å². The van der Waals surface area contributed by atoms with Crippen molar-refractivity contribution in [1.29, 1.82) is 0 Å². The smallest absolute Gasteiger partial charge is 0.433 e. The number of aromatic carboxylic acids is 1. The molecule has 0 bridgehead atoms. The predicted molar refractivity (Wildman–Crippen MR) is 80.7 cm³/mol. The van der Waals surface area contributed by atoms with Crippen LogP contribution in [0.5, 0.6) is 0 Å². The lowest BCUT2D eigenvalue weighted by Crippen LogP contribution is -2.25. The molecule has 0 aromatic carbocycles. The number of hydrogen-bond acceptors (Lipinski definition) is 5. The minimum Gasteiger partial charge on any atom is -0.477 e. The fourth-order valence-electron chi connectivity index (χ4n) is 2.87. The van der Waals surface area contributed by atoms with Crippen molar-refractivity contribution in [2.45, 2.75) is 31.6 Å². The maximum absolute atomic E-state index is 12.8. The molecule has 5 nitrogen and oxygen atoms in total. The third kappa shape index (κ3) is 3.41. The zero-order valence-corrected chi connectivity index (χ0v) is 13.3. The number of halogens is 3. The van der Waals surface area contributed by atoms with E-state index in [2.05, 4.69) is 9.97 Å². The number of nitrogens with zero attached hydrogens (tertiary/aromatic N) is 3. The summed E-state index contributed by atoms with van der Waals surface area (Å²) in [5.41, 5.74) is -0.299. The highest BCUT2D eigenvalue weighted by Gasteiger charge is 2.35. The van der Waals surface area contributed by atoms with Crippen LogP contribution in [-0.2, 0) is 12.7 Å². The summed E-state index contributed by atoms with van der Waals surface area (Å²) in [6.07, 6.45) is -1.94. The van der Waals surface area contributed by atoms with Crippen molar-refractivity contribution < 1.29 is 23.1 Å². The Hall–Kier alpha value is -2.00. The molecule has 0 spiro atoms. The van der Waals surface area contributed by atoms with Gasteiger partial charge in [-0.3, -0.25) is 4.90 Å². The van der Waals surface area contributed by atoms with E-state index in [1.165, 1.54) is 0 Å². The fraction of sp³-hybridized carbons (Fsp3) is 0.400. The lowest BCUT2D eigenvalue weighted by atomic mass is 10.1. The summed E-state index contributed by atoms with van der Waals surface area (Å²) in [5, 5.41) is 10.9. The quantitative estimate of drug-likeness (QED) is 0.906. The van der Waals surface area contributed by atoms with Gasteiger partial charge in [0.2, 0.25) is 0 Å². The number of alkyl halides is 3. The second kappa shape index (κ2) is 6.48. The number of carboxylic acids is 1. The molecule has 0 amide bonds. The molecule has 24 heavy (non-hydrogen) atoms. The number of carbonyl (C=O) groups is 1. The molecule has 0 aliphatic carbocycles. The van der Waals surface area contributed by atoms with Gasteiger partial charge < -0.3 is 5.11 Å². The maximum atomic E-state index is 12.8. The Morgan fingerprint density at radius 2 is 2.21 bits per heavy atom. The molecule has 0 saturated carbocycles. The van der Waals surface area contributed by atoms with Crippen LogP contribution < -0.4 is 0 Å². The Bertz CT molecular complexity index is 748. The van der Waals surface area contributed by atoms with E-state index in [0.29, 0.717) is 25.1 Å². The lowest BCUT2D eigenvalue weighted by molar-refractivity contribution is -0.141. The number of carboxylic acid groups (broad SMARTS) is 1. The highest BCUT2D eigenvalue weighted by molar-refractivity contribution is 7.12. The summed E-state index contributed by atoms with van der Waals surface area (Å²) in [5.74, 6) is -0.861. The molecular formula is C15H14F3N3O2S. The van der Waals surface area contributed by atoms with Crippen LogP contribution in [0.15, 0.2) is 23.7 Å². The van der Waals surface area contributed by atoms with Crippen LogP contribution in [0, 0.1) is 0 Å². The van der Waals surface area contributed by atoms with Gasteiger partial charge in [-0.2, -0.15) is 13.2 Å². The summed E-state index contributed by atoms with van der Waals surface area (Å²) in [7, 11) is 0. The molecule has 128 valence electrons. The van der Waals surface area contributed by atoms with Crippen molar-refractivity contribution in [1.82, 2.24) is 14.9 Å². The fourth-order valence-corrected chi connectivity index (χ4v) is 3.62. The standard InChI is InChI=1S/C15H14F3N3O2S/c16-15(17,18)11-3-5-19-13(20-11)10-2-1-6-21(10)8-9-4-7-24-12(9)14(22)23/h3-5,7,10H,1-2,6,8H2,(H,22,23). The average molecular weight is 357 g/mol. The Morgan fingerprint density at radius 3 is 2.92 bits per heavy atom. The Labute approximate surface area is 139 Å². The van der Waals surface area contributed by atoms with Crippen LogP contribution >= 0.6 is 11.3 Å². The largest absolute Gasteiger partial charge is 0.477 e. The van der Waals surface area contributed by atoms with E-state index in [9.17, 15) is 23.1 Å². The van der Waals surface area contributed by atoms with E-state index < -0.39 is 17.8 Å². The molecule has 2 aromatic heterocycles. The first-order valence-corrected chi connectivity index (χ1v) is 8.18. The van der Waals surface area contributed by atoms with Gasteiger partial charge in [-0.1, -0.05) is 0 Å². The van der Waals surface area contributed by atoms with Crippen LogP contribution in [0.4, 0.5) is 13.2 Å². The summed E-state index contributed by atoms with van der Waals surface area (Å²) in [6, 6.07) is 2.24. The molecule has 1 aliphatic heterocycles. The van der Waals surface area contributed by atoms with Crippen molar-refractivity contribution in [3.8, 4) is 0 Å². The number of rotatable bonds is 4. The van der Waals surface area contributed by atoms with Gasteiger partial charge in [0, 0.05) is 12.7 Å². The minimum atomic E-state index is -4.51. The van der Waals surface area contributed by atoms with Crippen LogP contribution in [-0.4, -0.2) is 32.5 Å². The Kier molecular flexibility index (Phi) is 4.55. The first kappa shape index (κ1) is 16.8. The first-order valence-electron chi connectivity index (χ1n) is 7.30. The van der Waals surface area contributed by atoms with Crippen molar-refractivity contribution in [3.63, 3.8) is 0 Å². The molecule has 1 fully saturated rings. The summed E-state index contributed by atoms with van der Waals surface area (Å²) in [6.45, 7) is 1.02. The number of hydrogen-bond donors (Lipinski definition) is 1. The molecule has 3 rings (SSSR count). The molecular weight excluding hydrogens is 343 g/mol. The SMILES string of the molecule is O=C(O)c1sccc1CN1CCCC1c1nccc(C(F)(F)F)n1. The summed E-state index contributed by atoms with van der Waals surface area (Å²) in [4.78, 5) is 21.1. The zero-order chi connectivity index (χ0) is 17.3. The zero-order valence-electron chi connectivity index (χ0n) is 12.5. The average Bonchev–Trinajstić information content (AvgIpc) is 3.16. The normalized spacial score (nSPS) is 18.9. The van der Waals surface area contributed by atoms with E-state index in [0.717, 1.165) is 30.0 Å². The molecule has 1 unspecified atom stereocenters. The number of likely N-dealkylation sites (tertiary alicyclic amines) is 1. The number of aromatic nitrogens is 2.